The number of hydrogen-bond acceptors (Lipinski definition) is 7. The fraction of sp³-hybridized carbons (Fsp3) is 0.471. The zero-order valence-corrected chi connectivity index (χ0v) is 14.4. The first-order valence-corrected chi connectivity index (χ1v) is 8.61. The summed E-state index contributed by atoms with van der Waals surface area (Å²) in [7, 11) is 0. The second kappa shape index (κ2) is 6.93. The van der Waals surface area contributed by atoms with Crippen LogP contribution in [0.2, 0.25) is 0 Å². The smallest absolute Gasteiger partial charge is 0.355 e. The van der Waals surface area contributed by atoms with Gasteiger partial charge in [0.05, 0.1) is 30.7 Å². The van der Waals surface area contributed by atoms with Gasteiger partial charge in [-0.25, -0.2) is 0 Å². The Labute approximate surface area is 153 Å². The van der Waals surface area contributed by atoms with Gasteiger partial charge in [-0.3, -0.25) is 0 Å². The molecule has 27 heavy (non-hydrogen) atoms. The highest BCUT2D eigenvalue weighted by atomic mass is 19.4. The van der Waals surface area contributed by atoms with Crippen molar-refractivity contribution in [1.82, 2.24) is 15.2 Å². The van der Waals surface area contributed by atoms with Crippen LogP contribution < -0.4 is 10.2 Å². The molecule has 0 saturated carbocycles. The van der Waals surface area contributed by atoms with Crippen LogP contribution in [0.15, 0.2) is 30.5 Å². The molecule has 1 aromatic heterocycles. The molecule has 2 aliphatic rings. The molecule has 0 bridgehead atoms. The number of para-hydroxylation sites is 1. The van der Waals surface area contributed by atoms with E-state index in [1.54, 1.807) is 0 Å². The highest BCUT2D eigenvalue weighted by Gasteiger charge is 2.40. The second-order valence-corrected chi connectivity index (χ2v) is 6.40. The lowest BCUT2D eigenvalue weighted by atomic mass is 10.0. The van der Waals surface area contributed by atoms with Gasteiger partial charge in [0.15, 0.2) is 11.6 Å². The maximum absolute atomic E-state index is 13.1. The fourth-order valence-corrected chi connectivity index (χ4v) is 3.32. The Morgan fingerprint density at radius 1 is 1.07 bits per heavy atom. The van der Waals surface area contributed by atoms with Gasteiger partial charge >= 0.3 is 6.18 Å². The largest absolute Gasteiger partial charge is 0.418 e. The SMILES string of the molecule is FC(F)(F)c1ccccc1Nc1nncc(N2CCC3(CC2)OCCO3)n1. The van der Waals surface area contributed by atoms with E-state index in [0.717, 1.165) is 6.07 Å². The Morgan fingerprint density at radius 3 is 2.48 bits per heavy atom. The van der Waals surface area contributed by atoms with Crippen molar-refractivity contribution in [3.05, 3.63) is 36.0 Å². The lowest BCUT2D eigenvalue weighted by Crippen LogP contribution is -2.45. The van der Waals surface area contributed by atoms with Crippen LogP contribution in [0.1, 0.15) is 18.4 Å². The number of ether oxygens (including phenoxy) is 2. The quantitative estimate of drug-likeness (QED) is 0.876. The predicted molar refractivity (Wildman–Crippen MR) is 90.6 cm³/mol. The van der Waals surface area contributed by atoms with Gasteiger partial charge in [0.2, 0.25) is 5.95 Å². The minimum Gasteiger partial charge on any atom is -0.355 e. The monoisotopic (exact) mass is 381 g/mol. The number of benzene rings is 1. The van der Waals surface area contributed by atoms with Crippen LogP contribution in [-0.2, 0) is 15.7 Å². The summed E-state index contributed by atoms with van der Waals surface area (Å²) in [5.74, 6) is 0.0478. The molecule has 0 radical (unpaired) electrons. The normalized spacial score (nSPS) is 19.4. The molecule has 1 aromatic carbocycles. The topological polar surface area (TPSA) is 72.4 Å². The van der Waals surface area contributed by atoms with Crippen molar-refractivity contribution in [1.29, 1.82) is 0 Å². The van der Waals surface area contributed by atoms with Gasteiger partial charge in [0, 0.05) is 25.9 Å². The summed E-state index contributed by atoms with van der Waals surface area (Å²) in [4.78, 5) is 6.31. The third-order valence-corrected chi connectivity index (χ3v) is 4.69. The van der Waals surface area contributed by atoms with Gasteiger partial charge in [-0.1, -0.05) is 12.1 Å². The fourth-order valence-electron chi connectivity index (χ4n) is 3.32. The van der Waals surface area contributed by atoms with Crippen molar-refractivity contribution in [3.8, 4) is 0 Å². The van der Waals surface area contributed by atoms with Crippen molar-refractivity contribution >= 4 is 17.5 Å². The predicted octanol–water partition coefficient (Wildman–Crippen LogP) is 2.98. The first-order chi connectivity index (χ1) is 13.0. The molecule has 0 atom stereocenters. The number of hydrogen-bond donors (Lipinski definition) is 1. The first kappa shape index (κ1) is 17.9. The van der Waals surface area contributed by atoms with E-state index in [9.17, 15) is 13.2 Å². The molecule has 1 N–H and O–H groups in total. The van der Waals surface area contributed by atoms with Crippen molar-refractivity contribution in [3.63, 3.8) is 0 Å². The molecule has 2 aromatic rings. The second-order valence-electron chi connectivity index (χ2n) is 6.40. The van der Waals surface area contributed by atoms with Gasteiger partial charge in [-0.2, -0.15) is 23.3 Å². The number of alkyl halides is 3. The summed E-state index contributed by atoms with van der Waals surface area (Å²) >= 11 is 0. The van der Waals surface area contributed by atoms with Crippen LogP contribution in [-0.4, -0.2) is 47.3 Å². The molecule has 7 nitrogen and oxygen atoms in total. The first-order valence-electron chi connectivity index (χ1n) is 8.61. The summed E-state index contributed by atoms with van der Waals surface area (Å²) in [5.41, 5.74) is -0.899. The molecule has 2 fully saturated rings. The minimum atomic E-state index is -4.48. The van der Waals surface area contributed by atoms with Crippen LogP contribution in [0.25, 0.3) is 0 Å². The Hall–Kier alpha value is -2.46. The number of rotatable bonds is 3. The number of nitrogens with one attached hydrogen (secondary N) is 1. The zero-order chi connectivity index (χ0) is 18.9. The van der Waals surface area contributed by atoms with Crippen molar-refractivity contribution in [2.45, 2.75) is 24.8 Å². The average molecular weight is 381 g/mol. The van der Waals surface area contributed by atoms with Crippen LogP contribution in [0.3, 0.4) is 0 Å². The van der Waals surface area contributed by atoms with E-state index < -0.39 is 17.5 Å². The lowest BCUT2D eigenvalue weighted by molar-refractivity contribution is -0.169. The van der Waals surface area contributed by atoms with Gasteiger partial charge < -0.3 is 19.7 Å². The Bertz CT molecular complexity index is 801. The third-order valence-electron chi connectivity index (χ3n) is 4.69. The molecule has 1 spiro atoms. The summed E-state index contributed by atoms with van der Waals surface area (Å²) in [6.45, 7) is 2.50. The number of aromatic nitrogens is 3. The molecule has 3 heterocycles. The maximum Gasteiger partial charge on any atom is 0.418 e. The van der Waals surface area contributed by atoms with E-state index in [2.05, 4.69) is 20.5 Å². The molecule has 4 rings (SSSR count). The number of halogens is 3. The van der Waals surface area contributed by atoms with Gasteiger partial charge in [0.25, 0.3) is 0 Å². The minimum absolute atomic E-state index is 0.0119. The highest BCUT2D eigenvalue weighted by Crippen LogP contribution is 2.36. The summed E-state index contributed by atoms with van der Waals surface area (Å²) in [6, 6.07) is 5.18. The average Bonchev–Trinajstić information content (AvgIpc) is 3.10. The van der Waals surface area contributed by atoms with Crippen LogP contribution in [0, 0.1) is 0 Å². The van der Waals surface area contributed by atoms with Crippen LogP contribution in [0.5, 0.6) is 0 Å². The van der Waals surface area contributed by atoms with Gasteiger partial charge in [0.1, 0.15) is 0 Å². The van der Waals surface area contributed by atoms with Crippen molar-refractivity contribution in [2.75, 3.05) is 36.5 Å². The molecular weight excluding hydrogens is 363 g/mol. The van der Waals surface area contributed by atoms with E-state index in [-0.39, 0.29) is 11.6 Å². The summed E-state index contributed by atoms with van der Waals surface area (Å²) in [6.07, 6.45) is -1.60. The van der Waals surface area contributed by atoms with Crippen LogP contribution >= 0.6 is 0 Å². The summed E-state index contributed by atoms with van der Waals surface area (Å²) in [5, 5.41) is 10.3. The van der Waals surface area contributed by atoms with E-state index in [1.165, 1.54) is 24.4 Å². The van der Waals surface area contributed by atoms with Crippen molar-refractivity contribution in [2.24, 2.45) is 0 Å². The number of anilines is 3. The van der Waals surface area contributed by atoms with E-state index in [0.29, 0.717) is 45.0 Å². The molecule has 0 aliphatic carbocycles. The van der Waals surface area contributed by atoms with Crippen LogP contribution in [0.4, 0.5) is 30.6 Å². The molecule has 144 valence electrons. The van der Waals surface area contributed by atoms with Crippen molar-refractivity contribution < 1.29 is 22.6 Å². The molecular formula is C17H18F3N5O2. The molecule has 0 unspecified atom stereocenters. The Kier molecular flexibility index (Phi) is 4.60. The molecule has 0 amide bonds. The maximum atomic E-state index is 13.1. The zero-order valence-electron chi connectivity index (χ0n) is 14.4. The standard InChI is InChI=1S/C17H18F3N5O2/c18-17(19,20)12-3-1-2-4-13(12)22-15-23-14(11-21-24-15)25-7-5-16(6-8-25)26-9-10-27-16/h1-4,11H,5-10H2,(H,22,23,24). The molecule has 2 aliphatic heterocycles. The lowest BCUT2D eigenvalue weighted by Gasteiger charge is -2.37. The van der Waals surface area contributed by atoms with Gasteiger partial charge in [-0.05, 0) is 12.1 Å². The van der Waals surface area contributed by atoms with E-state index in [1.807, 2.05) is 4.90 Å². The third kappa shape index (κ3) is 3.81. The highest BCUT2D eigenvalue weighted by molar-refractivity contribution is 5.60. The molecule has 2 saturated heterocycles. The summed E-state index contributed by atoms with van der Waals surface area (Å²) < 4.78 is 50.8. The van der Waals surface area contributed by atoms with E-state index in [4.69, 9.17) is 9.47 Å². The number of nitrogens with zero attached hydrogens (tertiary/aromatic N) is 4. The Balaban J connectivity index is 1.49. The Morgan fingerprint density at radius 2 is 1.78 bits per heavy atom. The molecule has 10 heteroatoms. The van der Waals surface area contributed by atoms with Gasteiger partial charge in [-0.15, -0.1) is 5.10 Å². The number of piperidine rings is 1. The van der Waals surface area contributed by atoms with E-state index >= 15 is 0 Å².